The molecule has 0 spiro atoms. The van der Waals surface area contributed by atoms with Crippen LogP contribution in [-0.2, 0) is 4.79 Å². The monoisotopic (exact) mass is 262 g/mol. The summed E-state index contributed by atoms with van der Waals surface area (Å²) in [6.45, 7) is 3.84. The molecule has 1 aliphatic rings. The van der Waals surface area contributed by atoms with Gasteiger partial charge in [0.05, 0.1) is 6.04 Å². The average molecular weight is 262 g/mol. The molecule has 104 valence electrons. The minimum absolute atomic E-state index is 0.0526. The molecule has 2 rings (SSSR count). The van der Waals surface area contributed by atoms with Crippen molar-refractivity contribution in [2.24, 2.45) is 5.73 Å². The smallest absolute Gasteiger partial charge is 0.234 e. The number of nitrogens with two attached hydrogens (primary N) is 1. The van der Waals surface area contributed by atoms with Crippen molar-refractivity contribution < 1.29 is 9.53 Å². The zero-order valence-electron chi connectivity index (χ0n) is 11.4. The molecule has 1 saturated heterocycles. The molecular weight excluding hydrogens is 240 g/mol. The highest BCUT2D eigenvalue weighted by Gasteiger charge is 2.36. The molecule has 0 saturated carbocycles. The number of rotatable bonds is 6. The Kier molecular flexibility index (Phi) is 4.80. The van der Waals surface area contributed by atoms with Crippen molar-refractivity contribution in [3.8, 4) is 5.75 Å². The summed E-state index contributed by atoms with van der Waals surface area (Å²) >= 11 is 0. The van der Waals surface area contributed by atoms with E-state index < -0.39 is 0 Å². The first-order chi connectivity index (χ1) is 9.20. The molecule has 0 unspecified atom stereocenters. The Morgan fingerprint density at radius 1 is 1.42 bits per heavy atom. The zero-order chi connectivity index (χ0) is 13.7. The maximum atomic E-state index is 11.5. The van der Waals surface area contributed by atoms with Crippen LogP contribution in [0.4, 0.5) is 0 Å². The number of nitrogens with zero attached hydrogens (tertiary/aromatic N) is 1. The van der Waals surface area contributed by atoms with Crippen molar-refractivity contribution in [1.82, 2.24) is 4.90 Å². The molecular formula is C15H22N2O2. The van der Waals surface area contributed by atoms with Crippen LogP contribution in [0.25, 0.3) is 0 Å². The molecule has 2 atom stereocenters. The van der Waals surface area contributed by atoms with Crippen LogP contribution >= 0.6 is 0 Å². The minimum atomic E-state index is -0.240. The summed E-state index contributed by atoms with van der Waals surface area (Å²) in [6.07, 6.45) is 2.94. The van der Waals surface area contributed by atoms with Crippen molar-refractivity contribution in [3.05, 3.63) is 30.3 Å². The second-order valence-electron chi connectivity index (χ2n) is 5.06. The summed E-state index contributed by atoms with van der Waals surface area (Å²) in [5.74, 6) is 0.614. The van der Waals surface area contributed by atoms with Gasteiger partial charge in [-0.2, -0.15) is 0 Å². The predicted molar refractivity (Wildman–Crippen MR) is 74.9 cm³/mol. The van der Waals surface area contributed by atoms with Crippen molar-refractivity contribution >= 4 is 5.91 Å². The van der Waals surface area contributed by atoms with Crippen molar-refractivity contribution in [2.45, 2.75) is 38.3 Å². The van der Waals surface area contributed by atoms with Crippen LogP contribution in [0.5, 0.6) is 5.75 Å². The lowest BCUT2D eigenvalue weighted by molar-refractivity contribution is -0.122. The molecule has 1 fully saturated rings. The number of carbonyl (C=O) groups is 1. The fourth-order valence-electron chi connectivity index (χ4n) is 2.54. The first-order valence-electron chi connectivity index (χ1n) is 6.95. The Balaban J connectivity index is 1.95. The lowest BCUT2D eigenvalue weighted by Gasteiger charge is -2.20. The Labute approximate surface area is 114 Å². The van der Waals surface area contributed by atoms with Crippen molar-refractivity contribution in [2.75, 3.05) is 13.1 Å². The molecule has 0 aromatic heterocycles. The summed E-state index contributed by atoms with van der Waals surface area (Å²) < 4.78 is 5.92. The van der Waals surface area contributed by atoms with Crippen LogP contribution in [0.1, 0.15) is 26.2 Å². The summed E-state index contributed by atoms with van der Waals surface area (Å²) in [6, 6.07) is 9.55. The van der Waals surface area contributed by atoms with Gasteiger partial charge in [0.1, 0.15) is 11.9 Å². The number of hydrogen-bond acceptors (Lipinski definition) is 3. The van der Waals surface area contributed by atoms with Gasteiger partial charge in [-0.15, -0.1) is 0 Å². The Morgan fingerprint density at radius 3 is 2.79 bits per heavy atom. The van der Waals surface area contributed by atoms with Crippen molar-refractivity contribution in [3.63, 3.8) is 0 Å². The van der Waals surface area contributed by atoms with Gasteiger partial charge in [0.25, 0.3) is 0 Å². The van der Waals surface area contributed by atoms with E-state index in [9.17, 15) is 4.79 Å². The topological polar surface area (TPSA) is 55.6 Å². The van der Waals surface area contributed by atoms with Crippen LogP contribution in [0.2, 0.25) is 0 Å². The molecule has 0 bridgehead atoms. The summed E-state index contributed by atoms with van der Waals surface area (Å²) in [5, 5.41) is 0. The zero-order valence-corrected chi connectivity index (χ0v) is 11.4. The number of likely N-dealkylation sites (tertiary alicyclic amines) is 1. The number of ether oxygens (including phenoxy) is 1. The van der Waals surface area contributed by atoms with Crippen LogP contribution in [0, 0.1) is 0 Å². The normalized spacial score (nSPS) is 23.4. The fraction of sp³-hybridized carbons (Fsp3) is 0.533. The van der Waals surface area contributed by atoms with E-state index in [0.29, 0.717) is 6.42 Å². The highest BCUT2D eigenvalue weighted by atomic mass is 16.5. The van der Waals surface area contributed by atoms with E-state index in [0.717, 1.165) is 31.7 Å². The summed E-state index contributed by atoms with van der Waals surface area (Å²) in [5.41, 5.74) is 5.48. The maximum absolute atomic E-state index is 11.5. The molecule has 0 radical (unpaired) electrons. The molecule has 0 aliphatic carbocycles. The molecule has 4 nitrogen and oxygen atoms in total. The molecule has 1 aliphatic heterocycles. The van der Waals surface area contributed by atoms with Crippen molar-refractivity contribution in [1.29, 1.82) is 0 Å². The van der Waals surface area contributed by atoms with Gasteiger partial charge in [-0.25, -0.2) is 0 Å². The van der Waals surface area contributed by atoms with E-state index in [-0.39, 0.29) is 18.1 Å². The second-order valence-corrected chi connectivity index (χ2v) is 5.06. The SMILES string of the molecule is CCCCN1C[C@@H](Oc2ccccc2)C[C@H]1C(N)=O. The first-order valence-corrected chi connectivity index (χ1v) is 6.95. The number of amides is 1. The number of para-hydroxylation sites is 1. The number of carbonyl (C=O) groups excluding carboxylic acids is 1. The third-order valence-corrected chi connectivity index (χ3v) is 3.54. The predicted octanol–water partition coefficient (Wildman–Crippen LogP) is 1.79. The maximum Gasteiger partial charge on any atom is 0.234 e. The summed E-state index contributed by atoms with van der Waals surface area (Å²) in [4.78, 5) is 13.7. The van der Waals surface area contributed by atoms with E-state index in [1.165, 1.54) is 0 Å². The van der Waals surface area contributed by atoms with Gasteiger partial charge < -0.3 is 10.5 Å². The highest BCUT2D eigenvalue weighted by Crippen LogP contribution is 2.23. The number of primary amides is 1. The van der Waals surface area contributed by atoms with E-state index in [1.54, 1.807) is 0 Å². The van der Waals surface area contributed by atoms with Crippen LogP contribution in [0.15, 0.2) is 30.3 Å². The van der Waals surface area contributed by atoms with Gasteiger partial charge in [0.15, 0.2) is 0 Å². The fourth-order valence-corrected chi connectivity index (χ4v) is 2.54. The van der Waals surface area contributed by atoms with Gasteiger partial charge in [-0.3, -0.25) is 9.69 Å². The molecule has 1 aromatic rings. The van der Waals surface area contributed by atoms with Gasteiger partial charge in [-0.1, -0.05) is 31.5 Å². The molecule has 1 amide bonds. The lowest BCUT2D eigenvalue weighted by Crippen LogP contribution is -2.40. The largest absolute Gasteiger partial charge is 0.489 e. The van der Waals surface area contributed by atoms with Crippen LogP contribution in [-0.4, -0.2) is 36.0 Å². The Morgan fingerprint density at radius 2 is 2.16 bits per heavy atom. The number of hydrogen-bond donors (Lipinski definition) is 1. The van der Waals surface area contributed by atoms with Crippen LogP contribution < -0.4 is 10.5 Å². The van der Waals surface area contributed by atoms with E-state index in [2.05, 4.69) is 11.8 Å². The first kappa shape index (κ1) is 13.9. The molecule has 1 aromatic carbocycles. The standard InChI is InChI=1S/C15H22N2O2/c1-2-3-9-17-11-13(10-14(17)15(16)18)19-12-7-5-4-6-8-12/h4-8,13-14H,2-3,9-11H2,1H3,(H2,16,18)/t13-,14-/m0/s1. The highest BCUT2D eigenvalue weighted by molar-refractivity contribution is 5.80. The average Bonchev–Trinajstić information content (AvgIpc) is 2.80. The third kappa shape index (κ3) is 3.70. The third-order valence-electron chi connectivity index (χ3n) is 3.54. The molecule has 1 heterocycles. The molecule has 19 heavy (non-hydrogen) atoms. The van der Waals surface area contributed by atoms with Gasteiger partial charge in [-0.05, 0) is 25.1 Å². The molecule has 4 heteroatoms. The quantitative estimate of drug-likeness (QED) is 0.850. The van der Waals surface area contributed by atoms with Gasteiger partial charge in [0, 0.05) is 13.0 Å². The Hall–Kier alpha value is -1.55. The number of benzene rings is 1. The van der Waals surface area contributed by atoms with E-state index in [4.69, 9.17) is 10.5 Å². The molecule has 2 N–H and O–H groups in total. The van der Waals surface area contributed by atoms with Gasteiger partial charge >= 0.3 is 0 Å². The van der Waals surface area contributed by atoms with Gasteiger partial charge in [0.2, 0.25) is 5.91 Å². The minimum Gasteiger partial charge on any atom is -0.489 e. The Bertz CT molecular complexity index is 408. The van der Waals surface area contributed by atoms with Crippen LogP contribution in [0.3, 0.4) is 0 Å². The van der Waals surface area contributed by atoms with E-state index in [1.807, 2.05) is 30.3 Å². The van der Waals surface area contributed by atoms with E-state index >= 15 is 0 Å². The number of unbranched alkanes of at least 4 members (excludes halogenated alkanes) is 1. The lowest BCUT2D eigenvalue weighted by atomic mass is 10.2. The second kappa shape index (κ2) is 6.57. The summed E-state index contributed by atoms with van der Waals surface area (Å²) in [7, 11) is 0.